The topological polar surface area (TPSA) is 23.6 Å². The van der Waals surface area contributed by atoms with E-state index in [1.54, 1.807) is 17.0 Å². The molecule has 0 saturated carbocycles. The lowest BCUT2D eigenvalue weighted by molar-refractivity contribution is 0.0790. The molecule has 3 nitrogen and oxygen atoms in total. The van der Waals surface area contributed by atoms with E-state index in [0.29, 0.717) is 15.8 Å². The molecule has 0 bridgehead atoms. The summed E-state index contributed by atoms with van der Waals surface area (Å²) in [4.78, 5) is 17.3. The summed E-state index contributed by atoms with van der Waals surface area (Å²) in [6.45, 7) is 2.82. The fourth-order valence-electron chi connectivity index (χ4n) is 2.86. The van der Waals surface area contributed by atoms with Crippen LogP contribution in [0.5, 0.6) is 0 Å². The second-order valence-electron chi connectivity index (χ2n) is 5.59. The molecular formula is C17H19ClN2OS. The molecule has 1 fully saturated rings. The van der Waals surface area contributed by atoms with Gasteiger partial charge in [-0.1, -0.05) is 29.8 Å². The molecule has 0 atom stereocenters. The van der Waals surface area contributed by atoms with Gasteiger partial charge in [-0.3, -0.25) is 4.79 Å². The molecule has 1 saturated heterocycles. The van der Waals surface area contributed by atoms with Gasteiger partial charge in [-0.2, -0.15) is 0 Å². The average Bonchev–Trinajstić information content (AvgIpc) is 3.18. The Hall–Kier alpha value is -1.52. The largest absolute Gasteiger partial charge is 0.371 e. The number of benzene rings is 1. The molecule has 1 aliphatic heterocycles. The quantitative estimate of drug-likeness (QED) is 0.833. The standard InChI is InChI=1S/C17H19ClN2OS/c1-19(17(21)15-8-9-16(18)22-15)12-13-6-2-3-7-14(13)20-10-4-5-11-20/h2-3,6-9H,4-5,10-12H2,1H3. The van der Waals surface area contributed by atoms with Gasteiger partial charge in [0, 0.05) is 32.4 Å². The molecule has 1 amide bonds. The molecule has 0 N–H and O–H groups in total. The zero-order chi connectivity index (χ0) is 15.5. The van der Waals surface area contributed by atoms with Gasteiger partial charge < -0.3 is 9.80 Å². The van der Waals surface area contributed by atoms with Crippen molar-refractivity contribution in [2.75, 3.05) is 25.0 Å². The molecule has 0 spiro atoms. The molecule has 1 aromatic heterocycles. The second-order valence-corrected chi connectivity index (χ2v) is 7.30. The van der Waals surface area contributed by atoms with E-state index in [-0.39, 0.29) is 5.91 Å². The van der Waals surface area contributed by atoms with Crippen molar-refractivity contribution in [3.05, 3.63) is 51.2 Å². The minimum absolute atomic E-state index is 0.0214. The van der Waals surface area contributed by atoms with Crippen molar-refractivity contribution < 1.29 is 4.79 Å². The van der Waals surface area contributed by atoms with Gasteiger partial charge in [0.15, 0.2) is 0 Å². The Morgan fingerprint density at radius 3 is 2.64 bits per heavy atom. The Labute approximate surface area is 140 Å². The lowest BCUT2D eigenvalue weighted by Crippen LogP contribution is -2.27. The van der Waals surface area contributed by atoms with Gasteiger partial charge in [0.25, 0.3) is 5.91 Å². The van der Waals surface area contributed by atoms with Gasteiger partial charge in [0.2, 0.25) is 0 Å². The third-order valence-electron chi connectivity index (χ3n) is 3.98. The minimum Gasteiger partial charge on any atom is -0.371 e. The normalized spacial score (nSPS) is 14.4. The van der Waals surface area contributed by atoms with E-state index in [1.807, 2.05) is 13.1 Å². The number of halogens is 1. The number of thiophene rings is 1. The maximum atomic E-state index is 12.5. The number of rotatable bonds is 4. The Morgan fingerprint density at radius 1 is 1.23 bits per heavy atom. The summed E-state index contributed by atoms with van der Waals surface area (Å²) in [5.41, 5.74) is 2.45. The van der Waals surface area contributed by atoms with Crippen molar-refractivity contribution in [3.8, 4) is 0 Å². The number of hydrogen-bond donors (Lipinski definition) is 0. The number of nitrogens with zero attached hydrogens (tertiary/aromatic N) is 2. The number of carbonyl (C=O) groups is 1. The highest BCUT2D eigenvalue weighted by Gasteiger charge is 2.19. The van der Waals surface area contributed by atoms with E-state index in [4.69, 9.17) is 11.6 Å². The zero-order valence-electron chi connectivity index (χ0n) is 12.6. The van der Waals surface area contributed by atoms with Gasteiger partial charge >= 0.3 is 0 Å². The van der Waals surface area contributed by atoms with E-state index >= 15 is 0 Å². The first-order chi connectivity index (χ1) is 10.6. The summed E-state index contributed by atoms with van der Waals surface area (Å²) in [5, 5.41) is 0. The van der Waals surface area contributed by atoms with Gasteiger partial charge in [0.05, 0.1) is 9.21 Å². The molecule has 0 radical (unpaired) electrons. The van der Waals surface area contributed by atoms with Crippen molar-refractivity contribution in [2.24, 2.45) is 0 Å². The van der Waals surface area contributed by atoms with Crippen molar-refractivity contribution >= 4 is 34.5 Å². The predicted octanol–water partition coefficient (Wildman–Crippen LogP) is 4.27. The van der Waals surface area contributed by atoms with Crippen LogP contribution < -0.4 is 4.90 Å². The Morgan fingerprint density at radius 2 is 1.95 bits per heavy atom. The Bertz CT molecular complexity index is 664. The number of amides is 1. The first kappa shape index (κ1) is 15.4. The summed E-state index contributed by atoms with van der Waals surface area (Å²) in [6.07, 6.45) is 2.49. The predicted molar refractivity (Wildman–Crippen MR) is 93.0 cm³/mol. The number of anilines is 1. The van der Waals surface area contributed by atoms with Crippen LogP contribution in [-0.2, 0) is 6.54 Å². The fraction of sp³-hybridized carbons (Fsp3) is 0.353. The van der Waals surface area contributed by atoms with Crippen LogP contribution in [0.1, 0.15) is 28.1 Å². The van der Waals surface area contributed by atoms with Crippen molar-refractivity contribution in [3.63, 3.8) is 0 Å². The smallest absolute Gasteiger partial charge is 0.264 e. The molecule has 3 rings (SSSR count). The zero-order valence-corrected chi connectivity index (χ0v) is 14.2. The Kier molecular flexibility index (Phi) is 4.69. The molecule has 5 heteroatoms. The lowest BCUT2D eigenvalue weighted by Gasteiger charge is -2.24. The summed E-state index contributed by atoms with van der Waals surface area (Å²) >= 11 is 7.25. The Balaban J connectivity index is 1.76. The molecule has 1 aliphatic rings. The van der Waals surface area contributed by atoms with Crippen LogP contribution in [0.4, 0.5) is 5.69 Å². The van der Waals surface area contributed by atoms with Crippen molar-refractivity contribution in [1.82, 2.24) is 4.90 Å². The molecule has 116 valence electrons. The van der Waals surface area contributed by atoms with E-state index in [0.717, 1.165) is 13.1 Å². The third kappa shape index (κ3) is 3.28. The van der Waals surface area contributed by atoms with Crippen LogP contribution in [0.15, 0.2) is 36.4 Å². The fourth-order valence-corrected chi connectivity index (χ4v) is 3.89. The van der Waals surface area contributed by atoms with Crippen LogP contribution in [-0.4, -0.2) is 30.9 Å². The van der Waals surface area contributed by atoms with Gasteiger partial charge in [0.1, 0.15) is 0 Å². The monoisotopic (exact) mass is 334 g/mol. The lowest BCUT2D eigenvalue weighted by atomic mass is 10.1. The summed E-state index contributed by atoms with van der Waals surface area (Å²) in [6, 6.07) is 11.9. The summed E-state index contributed by atoms with van der Waals surface area (Å²) < 4.78 is 0.647. The second kappa shape index (κ2) is 6.71. The highest BCUT2D eigenvalue weighted by molar-refractivity contribution is 7.17. The van der Waals surface area contributed by atoms with Gasteiger partial charge in [-0.15, -0.1) is 11.3 Å². The molecule has 1 aromatic carbocycles. The molecule has 0 aliphatic carbocycles. The molecule has 2 aromatic rings. The van der Waals surface area contributed by atoms with E-state index in [1.165, 1.54) is 35.4 Å². The van der Waals surface area contributed by atoms with E-state index in [9.17, 15) is 4.79 Å². The first-order valence-electron chi connectivity index (χ1n) is 7.49. The highest BCUT2D eigenvalue weighted by Crippen LogP contribution is 2.27. The number of para-hydroxylation sites is 1. The molecule has 22 heavy (non-hydrogen) atoms. The first-order valence-corrected chi connectivity index (χ1v) is 8.68. The maximum Gasteiger partial charge on any atom is 0.264 e. The SMILES string of the molecule is CN(Cc1ccccc1N1CCCC1)C(=O)c1ccc(Cl)s1. The van der Waals surface area contributed by atoms with Crippen LogP contribution in [0, 0.1) is 0 Å². The summed E-state index contributed by atoms with van der Waals surface area (Å²) in [7, 11) is 1.84. The highest BCUT2D eigenvalue weighted by atomic mass is 35.5. The van der Waals surface area contributed by atoms with Crippen molar-refractivity contribution in [1.29, 1.82) is 0 Å². The minimum atomic E-state index is 0.0214. The molecular weight excluding hydrogens is 316 g/mol. The number of hydrogen-bond acceptors (Lipinski definition) is 3. The van der Waals surface area contributed by atoms with Crippen molar-refractivity contribution in [2.45, 2.75) is 19.4 Å². The van der Waals surface area contributed by atoms with Gasteiger partial charge in [-0.05, 0) is 36.6 Å². The molecule has 0 unspecified atom stereocenters. The summed E-state index contributed by atoms with van der Waals surface area (Å²) in [5.74, 6) is 0.0214. The van der Waals surface area contributed by atoms with Crippen LogP contribution >= 0.6 is 22.9 Å². The third-order valence-corrected chi connectivity index (χ3v) is 5.20. The average molecular weight is 335 g/mol. The van der Waals surface area contributed by atoms with Gasteiger partial charge in [-0.25, -0.2) is 0 Å². The van der Waals surface area contributed by atoms with E-state index in [2.05, 4.69) is 23.1 Å². The van der Waals surface area contributed by atoms with Crippen LogP contribution in [0.3, 0.4) is 0 Å². The van der Waals surface area contributed by atoms with Crippen LogP contribution in [0.25, 0.3) is 0 Å². The number of carbonyl (C=O) groups excluding carboxylic acids is 1. The maximum absolute atomic E-state index is 12.5. The molecule has 2 heterocycles. The van der Waals surface area contributed by atoms with E-state index < -0.39 is 0 Å². The van der Waals surface area contributed by atoms with Crippen LogP contribution in [0.2, 0.25) is 4.34 Å².